The van der Waals surface area contributed by atoms with Crippen LogP contribution in [0.1, 0.15) is 99.8 Å². The number of hydrogen-bond donors (Lipinski definition) is 0. The molecule has 5 heteroatoms. The Labute approximate surface area is 387 Å². The summed E-state index contributed by atoms with van der Waals surface area (Å²) in [7, 11) is 0. The van der Waals surface area contributed by atoms with Gasteiger partial charge in [0.1, 0.15) is 11.6 Å². The van der Waals surface area contributed by atoms with Crippen molar-refractivity contribution < 1.29 is 0 Å². The van der Waals surface area contributed by atoms with Crippen molar-refractivity contribution in [1.29, 1.82) is 0 Å². The Kier molecular flexibility index (Phi) is 7.93. The molecule has 3 heterocycles. The molecule has 17 rings (SSSR count). The van der Waals surface area contributed by atoms with Gasteiger partial charge in [-0.25, -0.2) is 15.0 Å². The van der Waals surface area contributed by atoms with Crippen molar-refractivity contribution in [2.75, 3.05) is 0 Å². The zero-order chi connectivity index (χ0) is 43.5. The van der Waals surface area contributed by atoms with Crippen LogP contribution in [0.15, 0.2) is 127 Å². The quantitative estimate of drug-likeness (QED) is 0.167. The average molecular weight is 860 g/mol. The van der Waals surface area contributed by atoms with Crippen LogP contribution in [0.25, 0.3) is 77.5 Å². The van der Waals surface area contributed by atoms with Gasteiger partial charge in [-0.15, -0.1) is 0 Å². The second-order valence-electron chi connectivity index (χ2n) is 22.7. The van der Waals surface area contributed by atoms with Crippen molar-refractivity contribution in [3.05, 3.63) is 150 Å². The average Bonchev–Trinajstić information content (AvgIpc) is 3.82. The van der Waals surface area contributed by atoms with E-state index in [0.29, 0.717) is 0 Å². The van der Waals surface area contributed by atoms with Crippen LogP contribution in [0.3, 0.4) is 0 Å². The second kappa shape index (κ2) is 13.7. The fraction of sp³-hybridized carbons (Fsp3) is 0.361. The summed E-state index contributed by atoms with van der Waals surface area (Å²) in [6, 6.07) is 48.1. The molecule has 0 atom stereocenters. The van der Waals surface area contributed by atoms with E-state index < -0.39 is 0 Å². The Morgan fingerprint density at radius 2 is 0.818 bits per heavy atom. The molecule has 0 unspecified atom stereocenters. The Hall–Kier alpha value is -6.07. The Morgan fingerprint density at radius 3 is 1.33 bits per heavy atom. The lowest BCUT2D eigenvalue weighted by atomic mass is 9.49. The van der Waals surface area contributed by atoms with Crippen LogP contribution in [0, 0.1) is 49.4 Å². The predicted octanol–water partition coefficient (Wildman–Crippen LogP) is 15.0. The Morgan fingerprint density at radius 1 is 0.394 bits per heavy atom. The van der Waals surface area contributed by atoms with Gasteiger partial charge in [0.25, 0.3) is 0 Å². The molecular weight excluding hydrogens is 803 g/mol. The highest BCUT2D eigenvalue weighted by atomic mass is 15.1. The molecule has 3 aromatic heterocycles. The standard InChI is InChI=1S/C61H57N5/c1-36-15-19-54-49(21-36)46-10-4-7-13-52(46)65(54)51-12-6-3-9-45(51)48-18-17-44(29-56(48)66-53-14-8-5-11-47(53)50-22-37(2)16-20-55(50)66)57-62-58(60-30-38-23-39(31-60)25-40(24-38)32-60)64-59(63-57)61-33-41-26-42(34-61)28-43(27-41)35-61/h3-22,29,38-43H,23-28,30-35H2,1-2H3. The third-order valence-corrected chi connectivity index (χ3v) is 18.2. The first kappa shape index (κ1) is 38.1. The number of benzene rings is 6. The van der Waals surface area contributed by atoms with Gasteiger partial charge >= 0.3 is 0 Å². The number of hydrogen-bond acceptors (Lipinski definition) is 3. The SMILES string of the molecule is Cc1ccc2c(c1)c1ccccc1n2-c1ccccc1-c1ccc(-c2nc(C34CC5CC(CC(C5)C3)C4)nc(C34CC5CC(CC(C5)C3)C4)n2)cc1-n1c2ccccc2c2cc(C)ccc21. The van der Waals surface area contributed by atoms with Gasteiger partial charge in [-0.05, 0) is 175 Å². The van der Waals surface area contributed by atoms with Gasteiger partial charge in [0, 0.05) is 49.1 Å². The van der Waals surface area contributed by atoms with Gasteiger partial charge in [-0.3, -0.25) is 0 Å². The monoisotopic (exact) mass is 859 g/mol. The zero-order valence-corrected chi connectivity index (χ0v) is 38.3. The van der Waals surface area contributed by atoms with Crippen molar-refractivity contribution in [1.82, 2.24) is 24.1 Å². The first-order valence-electron chi connectivity index (χ1n) is 25.3. The number of aromatic nitrogens is 5. The third kappa shape index (κ3) is 5.55. The van der Waals surface area contributed by atoms with E-state index >= 15 is 0 Å². The lowest BCUT2D eigenvalue weighted by Gasteiger charge is -2.57. The topological polar surface area (TPSA) is 48.5 Å². The molecule has 0 radical (unpaired) electrons. The summed E-state index contributed by atoms with van der Waals surface area (Å²) >= 11 is 0. The maximum atomic E-state index is 5.83. The molecule has 0 spiro atoms. The van der Waals surface area contributed by atoms with E-state index in [-0.39, 0.29) is 10.8 Å². The lowest BCUT2D eigenvalue weighted by molar-refractivity contribution is -0.0155. The summed E-state index contributed by atoms with van der Waals surface area (Å²) in [6.45, 7) is 4.41. The van der Waals surface area contributed by atoms with E-state index in [4.69, 9.17) is 15.0 Å². The zero-order valence-electron chi connectivity index (χ0n) is 38.3. The van der Waals surface area contributed by atoms with E-state index in [1.54, 1.807) is 0 Å². The van der Waals surface area contributed by atoms with Crippen molar-refractivity contribution in [2.45, 2.75) is 102 Å². The van der Waals surface area contributed by atoms with Crippen LogP contribution in [0.4, 0.5) is 0 Å². The van der Waals surface area contributed by atoms with E-state index in [9.17, 15) is 0 Å². The summed E-state index contributed by atoms with van der Waals surface area (Å²) in [6.07, 6.45) is 16.0. The molecule has 0 aliphatic heterocycles. The Bertz CT molecular complexity index is 3360. The first-order valence-corrected chi connectivity index (χ1v) is 25.3. The lowest BCUT2D eigenvalue weighted by Crippen LogP contribution is -2.51. The molecule has 8 fully saturated rings. The molecule has 8 saturated carbocycles. The van der Waals surface area contributed by atoms with Crippen molar-refractivity contribution in [3.63, 3.8) is 0 Å². The van der Waals surface area contributed by atoms with Gasteiger partial charge in [-0.2, -0.15) is 0 Å². The van der Waals surface area contributed by atoms with Crippen LogP contribution < -0.4 is 0 Å². The third-order valence-electron chi connectivity index (χ3n) is 18.2. The number of nitrogens with zero attached hydrogens (tertiary/aromatic N) is 5. The van der Waals surface area contributed by atoms with E-state index in [0.717, 1.165) is 64.2 Å². The highest BCUT2D eigenvalue weighted by Crippen LogP contribution is 2.62. The minimum Gasteiger partial charge on any atom is -0.309 e. The molecule has 326 valence electrons. The predicted molar refractivity (Wildman–Crippen MR) is 269 cm³/mol. The largest absolute Gasteiger partial charge is 0.309 e. The molecular formula is C61H57N5. The van der Waals surface area contributed by atoms with Gasteiger partial charge in [0.15, 0.2) is 5.82 Å². The van der Waals surface area contributed by atoms with Crippen LogP contribution in [-0.4, -0.2) is 24.1 Å². The highest BCUT2D eigenvalue weighted by Gasteiger charge is 2.56. The molecule has 6 aromatic carbocycles. The van der Waals surface area contributed by atoms with Gasteiger partial charge in [0.05, 0.1) is 33.4 Å². The minimum absolute atomic E-state index is 0.0801. The number of rotatable bonds is 6. The molecule has 0 amide bonds. The number of fused-ring (bicyclic) bond motifs is 6. The van der Waals surface area contributed by atoms with Gasteiger partial charge in [0.2, 0.25) is 0 Å². The number of para-hydroxylation sites is 3. The molecule has 8 bridgehead atoms. The molecule has 8 aliphatic carbocycles. The molecule has 0 N–H and O–H groups in total. The number of aryl methyl sites for hydroxylation is 2. The summed E-state index contributed by atoms with van der Waals surface area (Å²) in [5.74, 6) is 8.10. The van der Waals surface area contributed by atoms with E-state index in [1.165, 1.54) is 149 Å². The molecule has 5 nitrogen and oxygen atoms in total. The second-order valence-corrected chi connectivity index (χ2v) is 22.7. The summed E-state index contributed by atoms with van der Waals surface area (Å²) in [5, 5.41) is 5.11. The fourth-order valence-corrected chi connectivity index (χ4v) is 16.4. The van der Waals surface area contributed by atoms with Crippen molar-refractivity contribution in [2.24, 2.45) is 35.5 Å². The molecule has 66 heavy (non-hydrogen) atoms. The molecule has 0 saturated heterocycles. The van der Waals surface area contributed by atoms with Crippen LogP contribution in [0.2, 0.25) is 0 Å². The minimum atomic E-state index is 0.0801. The fourth-order valence-electron chi connectivity index (χ4n) is 16.4. The van der Waals surface area contributed by atoms with Crippen molar-refractivity contribution in [3.8, 4) is 33.9 Å². The van der Waals surface area contributed by atoms with Gasteiger partial charge in [-0.1, -0.05) is 90.0 Å². The molecule has 8 aliphatic rings. The smallest absolute Gasteiger partial charge is 0.163 e. The van der Waals surface area contributed by atoms with Crippen LogP contribution >= 0.6 is 0 Å². The van der Waals surface area contributed by atoms with Gasteiger partial charge < -0.3 is 9.13 Å². The summed E-state index contributed by atoms with van der Waals surface area (Å²) in [4.78, 5) is 17.4. The van der Waals surface area contributed by atoms with Crippen LogP contribution in [0.5, 0.6) is 0 Å². The van der Waals surface area contributed by atoms with Crippen LogP contribution in [-0.2, 0) is 10.8 Å². The Balaban J connectivity index is 0.991. The normalized spacial score (nSPS) is 28.5. The maximum absolute atomic E-state index is 5.83. The van der Waals surface area contributed by atoms with E-state index in [1.807, 2.05) is 0 Å². The summed E-state index contributed by atoms with van der Waals surface area (Å²) in [5.41, 5.74) is 13.4. The van der Waals surface area contributed by atoms with E-state index in [2.05, 4.69) is 150 Å². The maximum Gasteiger partial charge on any atom is 0.163 e. The summed E-state index contributed by atoms with van der Waals surface area (Å²) < 4.78 is 5.03. The molecule has 9 aromatic rings. The first-order chi connectivity index (χ1) is 32.3. The highest BCUT2D eigenvalue weighted by molar-refractivity contribution is 6.11. The van der Waals surface area contributed by atoms with Crippen molar-refractivity contribution >= 4 is 43.6 Å².